The Morgan fingerprint density at radius 3 is 2.67 bits per heavy atom. The smallest absolute Gasteiger partial charge is 0.264 e. The molecule has 9 heteroatoms. The van der Waals surface area contributed by atoms with Crippen molar-refractivity contribution in [1.82, 2.24) is 4.98 Å². The standard InChI is InChI=1S/C12H8F2N4O2S/c13-7-4-8(14)10(5-9(7)16)18-21(19,20)12-2-1-3-17-11(12)6-15/h1-5,18H,16H2. The normalized spacial score (nSPS) is 10.9. The molecule has 3 N–H and O–H groups in total. The average molecular weight is 310 g/mol. The lowest BCUT2D eigenvalue weighted by Gasteiger charge is -2.10. The van der Waals surface area contributed by atoms with Crippen LogP contribution in [0.4, 0.5) is 20.2 Å². The summed E-state index contributed by atoms with van der Waals surface area (Å²) in [4.78, 5) is 3.18. The maximum absolute atomic E-state index is 13.6. The molecule has 1 aromatic heterocycles. The fraction of sp³-hybridized carbons (Fsp3) is 0. The second-order valence-corrected chi connectivity index (χ2v) is 5.57. The first-order valence-corrected chi connectivity index (χ1v) is 6.96. The number of hydrogen-bond donors (Lipinski definition) is 2. The van der Waals surface area contributed by atoms with E-state index < -0.39 is 37.9 Å². The third-order valence-corrected chi connectivity index (χ3v) is 3.89. The number of nitrogen functional groups attached to an aromatic ring is 1. The van der Waals surface area contributed by atoms with Crippen LogP contribution >= 0.6 is 0 Å². The largest absolute Gasteiger partial charge is 0.396 e. The number of nitrogens with two attached hydrogens (primary N) is 1. The van der Waals surface area contributed by atoms with Crippen LogP contribution in [-0.4, -0.2) is 13.4 Å². The molecule has 0 aliphatic heterocycles. The number of rotatable bonds is 3. The molecule has 2 rings (SSSR count). The SMILES string of the molecule is N#Cc1ncccc1S(=O)(=O)Nc1cc(N)c(F)cc1F. The molecule has 0 fully saturated rings. The molecule has 0 spiro atoms. The maximum Gasteiger partial charge on any atom is 0.264 e. The first-order valence-electron chi connectivity index (χ1n) is 5.47. The minimum atomic E-state index is -4.26. The third kappa shape index (κ3) is 2.90. The Morgan fingerprint density at radius 1 is 1.29 bits per heavy atom. The number of aromatic nitrogens is 1. The first kappa shape index (κ1) is 14.7. The van der Waals surface area contributed by atoms with Gasteiger partial charge in [0, 0.05) is 12.3 Å². The van der Waals surface area contributed by atoms with Gasteiger partial charge in [-0.15, -0.1) is 0 Å². The van der Waals surface area contributed by atoms with Gasteiger partial charge >= 0.3 is 0 Å². The topological polar surface area (TPSA) is 109 Å². The van der Waals surface area contributed by atoms with Crippen LogP contribution < -0.4 is 10.5 Å². The highest BCUT2D eigenvalue weighted by Gasteiger charge is 2.21. The van der Waals surface area contributed by atoms with Gasteiger partial charge in [0.05, 0.1) is 11.4 Å². The first-order chi connectivity index (χ1) is 9.85. The van der Waals surface area contributed by atoms with E-state index >= 15 is 0 Å². The molecule has 0 saturated carbocycles. The number of anilines is 2. The predicted molar refractivity (Wildman–Crippen MR) is 70.5 cm³/mol. The summed E-state index contributed by atoms with van der Waals surface area (Å²) in [6.07, 6.45) is 1.24. The summed E-state index contributed by atoms with van der Waals surface area (Å²) in [5.41, 5.74) is 3.97. The van der Waals surface area contributed by atoms with Crippen molar-refractivity contribution in [3.05, 3.63) is 47.8 Å². The van der Waals surface area contributed by atoms with Crippen LogP contribution in [-0.2, 0) is 10.0 Å². The van der Waals surface area contributed by atoms with Crippen LogP contribution in [0.2, 0.25) is 0 Å². The molecule has 1 aromatic carbocycles. The van der Waals surface area contributed by atoms with E-state index in [4.69, 9.17) is 11.0 Å². The van der Waals surface area contributed by atoms with Gasteiger partial charge in [0.2, 0.25) is 0 Å². The molecular weight excluding hydrogens is 302 g/mol. The minimum Gasteiger partial charge on any atom is -0.396 e. The van der Waals surface area contributed by atoms with Crippen molar-refractivity contribution in [2.24, 2.45) is 0 Å². The summed E-state index contributed by atoms with van der Waals surface area (Å²) in [6.45, 7) is 0. The van der Waals surface area contributed by atoms with Crippen molar-refractivity contribution in [2.45, 2.75) is 4.90 Å². The molecule has 0 bridgehead atoms. The van der Waals surface area contributed by atoms with Crippen molar-refractivity contribution >= 4 is 21.4 Å². The molecule has 2 aromatic rings. The van der Waals surface area contributed by atoms with E-state index in [9.17, 15) is 17.2 Å². The lowest BCUT2D eigenvalue weighted by molar-refractivity contribution is 0.585. The molecule has 0 unspecified atom stereocenters. The summed E-state index contributed by atoms with van der Waals surface area (Å²) in [5, 5.41) is 8.83. The molecule has 0 saturated heterocycles. The van der Waals surface area contributed by atoms with Gasteiger partial charge in [-0.1, -0.05) is 0 Å². The van der Waals surface area contributed by atoms with Crippen molar-refractivity contribution < 1.29 is 17.2 Å². The summed E-state index contributed by atoms with van der Waals surface area (Å²) < 4.78 is 52.8. The zero-order chi connectivity index (χ0) is 15.6. The lowest BCUT2D eigenvalue weighted by Crippen LogP contribution is -2.16. The van der Waals surface area contributed by atoms with E-state index in [1.54, 1.807) is 6.07 Å². The van der Waals surface area contributed by atoms with Gasteiger partial charge in [0.15, 0.2) is 5.69 Å². The lowest BCUT2D eigenvalue weighted by atomic mass is 10.2. The van der Waals surface area contributed by atoms with Crippen molar-refractivity contribution in [3.8, 4) is 6.07 Å². The third-order valence-electron chi connectivity index (χ3n) is 2.50. The number of halogens is 2. The van der Waals surface area contributed by atoms with Crippen LogP contribution in [0.15, 0.2) is 35.4 Å². The zero-order valence-electron chi connectivity index (χ0n) is 10.3. The van der Waals surface area contributed by atoms with Gasteiger partial charge in [-0.05, 0) is 18.2 Å². The number of hydrogen-bond acceptors (Lipinski definition) is 5. The zero-order valence-corrected chi connectivity index (χ0v) is 11.2. The predicted octanol–water partition coefficient (Wildman–Crippen LogP) is 1.61. The number of nitrogens with zero attached hydrogens (tertiary/aromatic N) is 2. The van der Waals surface area contributed by atoms with Gasteiger partial charge < -0.3 is 5.73 Å². The number of sulfonamides is 1. The quantitative estimate of drug-likeness (QED) is 0.837. The number of pyridine rings is 1. The van der Waals surface area contributed by atoms with Gasteiger partial charge in [-0.2, -0.15) is 5.26 Å². The van der Waals surface area contributed by atoms with Crippen LogP contribution in [0.25, 0.3) is 0 Å². The van der Waals surface area contributed by atoms with Crippen LogP contribution in [0.5, 0.6) is 0 Å². The Bertz CT molecular complexity index is 847. The Morgan fingerprint density at radius 2 is 2.00 bits per heavy atom. The average Bonchev–Trinajstić information content (AvgIpc) is 2.44. The summed E-state index contributed by atoms with van der Waals surface area (Å²) in [6, 6.07) is 5.33. The van der Waals surface area contributed by atoms with Crippen LogP contribution in [0.3, 0.4) is 0 Å². The minimum absolute atomic E-state index is 0.347. The molecule has 0 atom stereocenters. The Labute approximate surface area is 118 Å². The van der Waals surface area contributed by atoms with Gasteiger partial charge in [0.25, 0.3) is 10.0 Å². The van der Waals surface area contributed by atoms with Crippen molar-refractivity contribution in [2.75, 3.05) is 10.5 Å². The molecule has 6 nitrogen and oxygen atoms in total. The van der Waals surface area contributed by atoms with Gasteiger partial charge in [0.1, 0.15) is 22.6 Å². The molecule has 108 valence electrons. The number of nitrogens with one attached hydrogen (secondary N) is 1. The van der Waals surface area contributed by atoms with Crippen molar-refractivity contribution in [3.63, 3.8) is 0 Å². The highest BCUT2D eigenvalue weighted by Crippen LogP contribution is 2.24. The van der Waals surface area contributed by atoms with E-state index in [1.165, 1.54) is 12.3 Å². The molecule has 0 radical (unpaired) electrons. The highest BCUT2D eigenvalue weighted by molar-refractivity contribution is 7.92. The Balaban J connectivity index is 2.48. The molecule has 21 heavy (non-hydrogen) atoms. The summed E-state index contributed by atoms with van der Waals surface area (Å²) in [5.74, 6) is -2.14. The fourth-order valence-corrected chi connectivity index (χ4v) is 2.70. The van der Waals surface area contributed by atoms with E-state index in [-0.39, 0.29) is 5.69 Å². The molecule has 0 aliphatic carbocycles. The molecule has 0 aliphatic rings. The van der Waals surface area contributed by atoms with E-state index in [1.807, 2.05) is 4.72 Å². The van der Waals surface area contributed by atoms with Gasteiger partial charge in [-0.3, -0.25) is 4.72 Å². The summed E-state index contributed by atoms with van der Waals surface area (Å²) >= 11 is 0. The van der Waals surface area contributed by atoms with E-state index in [0.717, 1.165) is 12.1 Å². The van der Waals surface area contributed by atoms with Crippen molar-refractivity contribution in [1.29, 1.82) is 5.26 Å². The monoisotopic (exact) mass is 310 g/mol. The van der Waals surface area contributed by atoms with Gasteiger partial charge in [-0.25, -0.2) is 22.2 Å². The number of nitriles is 1. The van der Waals surface area contributed by atoms with Crippen LogP contribution in [0, 0.1) is 23.0 Å². The fourth-order valence-electron chi connectivity index (χ4n) is 1.54. The highest BCUT2D eigenvalue weighted by atomic mass is 32.2. The Hall–Kier alpha value is -2.73. The molecular formula is C12H8F2N4O2S. The molecule has 1 heterocycles. The summed E-state index contributed by atoms with van der Waals surface area (Å²) in [7, 11) is -4.26. The Kier molecular flexibility index (Phi) is 3.73. The maximum atomic E-state index is 13.6. The van der Waals surface area contributed by atoms with Crippen LogP contribution in [0.1, 0.15) is 5.69 Å². The van der Waals surface area contributed by atoms with E-state index in [2.05, 4.69) is 4.98 Å². The second-order valence-electron chi connectivity index (χ2n) is 3.92. The number of benzene rings is 1. The second kappa shape index (κ2) is 5.34. The molecule has 0 amide bonds. The van der Waals surface area contributed by atoms with E-state index in [0.29, 0.717) is 6.07 Å².